The topological polar surface area (TPSA) is 69.6 Å². The maximum atomic E-state index is 14.4. The highest BCUT2D eigenvalue weighted by Gasteiger charge is 2.49. The molecule has 1 fully saturated rings. The summed E-state index contributed by atoms with van der Waals surface area (Å²) in [6.07, 6.45) is 0.514. The van der Waals surface area contributed by atoms with Crippen molar-refractivity contribution in [2.45, 2.75) is 23.4 Å². The van der Waals surface area contributed by atoms with Crippen LogP contribution in [0.25, 0.3) is 11.1 Å². The summed E-state index contributed by atoms with van der Waals surface area (Å²) in [6.45, 7) is 0.0385. The normalized spacial score (nSPS) is 22.8. The summed E-state index contributed by atoms with van der Waals surface area (Å²) in [4.78, 5) is -0.369. The van der Waals surface area contributed by atoms with E-state index in [1.54, 1.807) is 36.4 Å². The molecule has 32 heavy (non-hydrogen) atoms. The van der Waals surface area contributed by atoms with Gasteiger partial charge in [0.1, 0.15) is 16.5 Å². The van der Waals surface area contributed by atoms with Crippen molar-refractivity contribution in [2.24, 2.45) is 5.92 Å². The van der Waals surface area contributed by atoms with Gasteiger partial charge in [0.25, 0.3) is 0 Å². The van der Waals surface area contributed by atoms with E-state index in [1.807, 2.05) is 0 Å². The molecule has 0 radical (unpaired) electrons. The number of aliphatic hydroxyl groups is 1. The van der Waals surface area contributed by atoms with Crippen LogP contribution in [0.15, 0.2) is 71.6 Å². The number of fused-ring (bicyclic) bond motifs is 3. The molecule has 0 saturated carbocycles. The smallest absolute Gasteiger partial charge is 0.246 e. The fourth-order valence-electron chi connectivity index (χ4n) is 4.93. The molecule has 2 heterocycles. The van der Waals surface area contributed by atoms with E-state index in [0.29, 0.717) is 28.8 Å². The van der Waals surface area contributed by atoms with Crippen molar-refractivity contribution in [3.63, 3.8) is 0 Å². The first-order valence-electron chi connectivity index (χ1n) is 10.4. The zero-order chi connectivity index (χ0) is 22.5. The van der Waals surface area contributed by atoms with Crippen LogP contribution in [0.5, 0.6) is 0 Å². The van der Waals surface area contributed by atoms with Gasteiger partial charge in [-0.25, -0.2) is 17.2 Å². The van der Waals surface area contributed by atoms with Gasteiger partial charge >= 0.3 is 0 Å². The van der Waals surface area contributed by atoms with Crippen LogP contribution in [-0.4, -0.2) is 37.0 Å². The number of hydrogen-bond acceptors (Lipinski definition) is 4. The number of sulfonamides is 1. The maximum Gasteiger partial charge on any atom is 0.246 e. The summed E-state index contributed by atoms with van der Waals surface area (Å²) in [5.74, 6) is -1.38. The Morgan fingerprint density at radius 1 is 1.00 bits per heavy atom. The van der Waals surface area contributed by atoms with Crippen LogP contribution in [0.3, 0.4) is 0 Å². The molecule has 3 atom stereocenters. The van der Waals surface area contributed by atoms with Crippen LogP contribution >= 0.6 is 0 Å². The number of rotatable bonds is 4. The predicted molar refractivity (Wildman–Crippen MR) is 117 cm³/mol. The molecule has 0 spiro atoms. The Morgan fingerprint density at radius 3 is 2.44 bits per heavy atom. The lowest BCUT2D eigenvalue weighted by Crippen LogP contribution is -2.43. The fourth-order valence-corrected chi connectivity index (χ4v) is 6.67. The van der Waals surface area contributed by atoms with Gasteiger partial charge in [-0.3, -0.25) is 0 Å². The van der Waals surface area contributed by atoms with Gasteiger partial charge in [0, 0.05) is 23.7 Å². The largest absolute Gasteiger partial charge is 0.394 e. The molecule has 1 saturated heterocycles. The average Bonchev–Trinajstić information content (AvgIpc) is 3.25. The van der Waals surface area contributed by atoms with E-state index in [-0.39, 0.29) is 35.8 Å². The highest BCUT2D eigenvalue weighted by molar-refractivity contribution is 7.89. The Balaban J connectivity index is 1.65. The Kier molecular flexibility index (Phi) is 5.23. The van der Waals surface area contributed by atoms with Crippen molar-refractivity contribution >= 4 is 15.7 Å². The second kappa shape index (κ2) is 7.95. The molecule has 0 aliphatic carbocycles. The number of aliphatic hydroxyl groups excluding tert-OH is 1. The summed E-state index contributed by atoms with van der Waals surface area (Å²) in [6, 6.07) is 16.1. The second-order valence-electron chi connectivity index (χ2n) is 8.16. The number of hydrogen-bond donors (Lipinski definition) is 2. The number of nitrogens with zero attached hydrogens (tertiary/aromatic N) is 1. The zero-order valence-electron chi connectivity index (χ0n) is 17.1. The van der Waals surface area contributed by atoms with Crippen molar-refractivity contribution < 1.29 is 22.3 Å². The van der Waals surface area contributed by atoms with Crippen molar-refractivity contribution in [2.75, 3.05) is 18.5 Å². The van der Waals surface area contributed by atoms with Gasteiger partial charge < -0.3 is 10.4 Å². The van der Waals surface area contributed by atoms with Crippen molar-refractivity contribution in [3.8, 4) is 11.1 Å². The first-order valence-corrected chi connectivity index (χ1v) is 11.9. The molecule has 8 heteroatoms. The van der Waals surface area contributed by atoms with Crippen LogP contribution in [0.1, 0.15) is 18.0 Å². The lowest BCUT2D eigenvalue weighted by atomic mass is 9.82. The van der Waals surface area contributed by atoms with E-state index in [4.69, 9.17) is 0 Å². The summed E-state index contributed by atoms with van der Waals surface area (Å²) < 4.78 is 57.1. The van der Waals surface area contributed by atoms with Gasteiger partial charge in [-0.05, 0) is 47.9 Å². The van der Waals surface area contributed by atoms with Crippen molar-refractivity contribution in [1.82, 2.24) is 4.31 Å². The molecule has 0 amide bonds. The van der Waals surface area contributed by atoms with E-state index in [1.165, 1.54) is 28.6 Å². The monoisotopic (exact) mass is 456 g/mol. The lowest BCUT2D eigenvalue weighted by molar-refractivity contribution is 0.210. The van der Waals surface area contributed by atoms with Gasteiger partial charge in [0.2, 0.25) is 10.0 Å². The van der Waals surface area contributed by atoms with E-state index in [2.05, 4.69) is 5.32 Å². The van der Waals surface area contributed by atoms with E-state index < -0.39 is 21.9 Å². The summed E-state index contributed by atoms with van der Waals surface area (Å²) in [7, 11) is -4.12. The van der Waals surface area contributed by atoms with Gasteiger partial charge in [-0.1, -0.05) is 36.4 Å². The van der Waals surface area contributed by atoms with E-state index >= 15 is 0 Å². The molecule has 5 nitrogen and oxygen atoms in total. The summed E-state index contributed by atoms with van der Waals surface area (Å²) in [5, 5.41) is 13.2. The van der Waals surface area contributed by atoms with Gasteiger partial charge in [0.05, 0.1) is 18.7 Å². The number of benzene rings is 3. The quantitative estimate of drug-likeness (QED) is 0.618. The maximum absolute atomic E-state index is 14.4. The van der Waals surface area contributed by atoms with Crippen LogP contribution in [-0.2, 0) is 10.0 Å². The molecule has 3 aromatic carbocycles. The zero-order valence-corrected chi connectivity index (χ0v) is 17.9. The predicted octanol–water partition coefficient (Wildman–Crippen LogP) is 4.17. The Labute approximate surface area is 185 Å². The number of anilines is 1. The first-order chi connectivity index (χ1) is 15.4. The molecular formula is C24H22F2N2O3S. The van der Waals surface area contributed by atoms with Crippen LogP contribution in [0.4, 0.5) is 14.5 Å². The third-order valence-corrected chi connectivity index (χ3v) is 8.35. The average molecular weight is 457 g/mol. The molecule has 2 aliphatic rings. The molecule has 0 unspecified atom stereocenters. The molecule has 166 valence electrons. The standard InChI is InChI=1S/C24H22F2N2O3S/c25-19-6-2-1-5-16(19)15-9-10-21-18(13-15)24-17(22(14-29)27-21)11-12-28(24)32(30,31)23-8-4-3-7-20(23)26/h1-10,13,17,22,24,27,29H,11-12,14H2/t17-,22-,24-/m0/s1. The van der Waals surface area contributed by atoms with Crippen LogP contribution in [0.2, 0.25) is 0 Å². The highest BCUT2D eigenvalue weighted by atomic mass is 32.2. The fraction of sp³-hybridized carbons (Fsp3) is 0.250. The number of nitrogens with one attached hydrogen (secondary N) is 1. The Bertz CT molecular complexity index is 1280. The molecule has 3 aromatic rings. The minimum absolute atomic E-state index is 0.163. The van der Waals surface area contributed by atoms with Gasteiger partial charge in [0.15, 0.2) is 0 Å². The summed E-state index contributed by atoms with van der Waals surface area (Å²) in [5.41, 5.74) is 2.41. The second-order valence-corrected chi connectivity index (χ2v) is 10.0. The molecule has 2 N–H and O–H groups in total. The third-order valence-electron chi connectivity index (χ3n) is 6.43. The molecule has 2 aliphatic heterocycles. The molecule has 0 aromatic heterocycles. The van der Waals surface area contributed by atoms with Crippen molar-refractivity contribution in [3.05, 3.63) is 83.9 Å². The molecular weight excluding hydrogens is 434 g/mol. The summed E-state index contributed by atoms with van der Waals surface area (Å²) >= 11 is 0. The third kappa shape index (κ3) is 3.30. The SMILES string of the molecule is O=S(=O)(c1ccccc1F)N1CC[C@H]2[C@H](CO)Nc3ccc(-c4ccccc4F)cc3[C@H]21. The molecule has 0 bridgehead atoms. The molecule has 5 rings (SSSR count). The van der Waals surface area contributed by atoms with Gasteiger partial charge in [-0.2, -0.15) is 4.31 Å². The first kappa shape index (κ1) is 21.1. The minimum atomic E-state index is -4.12. The van der Waals surface area contributed by atoms with E-state index in [9.17, 15) is 22.3 Å². The highest BCUT2D eigenvalue weighted by Crippen LogP contribution is 2.49. The van der Waals surface area contributed by atoms with Gasteiger partial charge in [-0.15, -0.1) is 0 Å². The van der Waals surface area contributed by atoms with Crippen LogP contribution < -0.4 is 5.32 Å². The Morgan fingerprint density at radius 2 is 1.72 bits per heavy atom. The number of halogens is 2. The van der Waals surface area contributed by atoms with Crippen LogP contribution in [0, 0.1) is 17.6 Å². The Hall–Kier alpha value is -2.81. The minimum Gasteiger partial charge on any atom is -0.394 e. The lowest BCUT2D eigenvalue weighted by Gasteiger charge is -2.39. The van der Waals surface area contributed by atoms with Crippen molar-refractivity contribution in [1.29, 1.82) is 0 Å². The van der Waals surface area contributed by atoms with E-state index in [0.717, 1.165) is 6.07 Å².